The van der Waals surface area contributed by atoms with Gasteiger partial charge in [-0.2, -0.15) is 11.3 Å². The summed E-state index contributed by atoms with van der Waals surface area (Å²) in [5.74, 6) is -0.182. The fraction of sp³-hybridized carbons (Fsp3) is 0.154. The van der Waals surface area contributed by atoms with Gasteiger partial charge in [0.15, 0.2) is 0 Å². The van der Waals surface area contributed by atoms with Gasteiger partial charge in [0, 0.05) is 18.9 Å². The van der Waals surface area contributed by atoms with Crippen LogP contribution < -0.4 is 11.1 Å². The average Bonchev–Trinajstić information content (AvgIpc) is 3.01. The van der Waals surface area contributed by atoms with Crippen molar-refractivity contribution in [2.24, 2.45) is 0 Å². The molecular formula is C13H12N4OS2. The van der Waals surface area contributed by atoms with Crippen LogP contribution in [0.5, 0.6) is 0 Å². The molecule has 20 heavy (non-hydrogen) atoms. The Kier molecular flexibility index (Phi) is 3.37. The monoisotopic (exact) mass is 304 g/mol. The normalized spacial score (nSPS) is 10.8. The Balaban J connectivity index is 1.82. The lowest BCUT2D eigenvalue weighted by Gasteiger charge is -2.03. The summed E-state index contributed by atoms with van der Waals surface area (Å²) in [5, 5.41) is 6.98. The van der Waals surface area contributed by atoms with Crippen LogP contribution in [0.1, 0.15) is 20.8 Å². The number of carbonyl (C=O) groups excluding carboxylic acids is 1. The highest BCUT2D eigenvalue weighted by atomic mass is 32.1. The van der Waals surface area contributed by atoms with E-state index in [4.69, 9.17) is 5.73 Å². The standard InChI is InChI=1S/C13H12N4OS2/c1-7-5-19-6-8(7)4-17-12(18)11-9(14)10-13(20-11)16-3-2-15-10/h2-3,5-6H,4,14H2,1H3,(H,17,18). The van der Waals surface area contributed by atoms with Crippen LogP contribution in [0.3, 0.4) is 0 Å². The molecule has 102 valence electrons. The summed E-state index contributed by atoms with van der Waals surface area (Å²) in [6.07, 6.45) is 3.16. The number of nitrogens with one attached hydrogen (secondary N) is 1. The molecule has 0 aliphatic carbocycles. The van der Waals surface area contributed by atoms with Crippen LogP contribution in [-0.2, 0) is 6.54 Å². The Hall–Kier alpha value is -1.99. The summed E-state index contributed by atoms with van der Waals surface area (Å²) in [4.78, 5) is 21.7. The first-order valence-electron chi connectivity index (χ1n) is 5.95. The van der Waals surface area contributed by atoms with Gasteiger partial charge in [0.05, 0.1) is 5.69 Å². The van der Waals surface area contributed by atoms with Gasteiger partial charge in [-0.1, -0.05) is 0 Å². The molecule has 0 saturated heterocycles. The second-order valence-electron chi connectivity index (χ2n) is 4.32. The van der Waals surface area contributed by atoms with Crippen LogP contribution in [0.4, 0.5) is 5.69 Å². The van der Waals surface area contributed by atoms with Gasteiger partial charge < -0.3 is 11.1 Å². The largest absolute Gasteiger partial charge is 0.396 e. The number of aryl methyl sites for hydroxylation is 1. The van der Waals surface area contributed by atoms with Crippen LogP contribution in [0.2, 0.25) is 0 Å². The summed E-state index contributed by atoms with van der Waals surface area (Å²) in [5.41, 5.74) is 9.27. The van der Waals surface area contributed by atoms with Gasteiger partial charge >= 0.3 is 0 Å². The molecule has 0 bridgehead atoms. The van der Waals surface area contributed by atoms with Gasteiger partial charge in [-0.3, -0.25) is 4.79 Å². The first-order valence-corrected chi connectivity index (χ1v) is 7.71. The van der Waals surface area contributed by atoms with Crippen molar-refractivity contribution in [2.45, 2.75) is 13.5 Å². The van der Waals surface area contributed by atoms with Gasteiger partial charge in [0.2, 0.25) is 0 Å². The average molecular weight is 304 g/mol. The molecule has 0 aliphatic rings. The highest BCUT2D eigenvalue weighted by Gasteiger charge is 2.17. The zero-order valence-corrected chi connectivity index (χ0v) is 12.3. The first-order chi connectivity index (χ1) is 9.66. The third-order valence-corrected chi connectivity index (χ3v) is 4.98. The van der Waals surface area contributed by atoms with Crippen molar-refractivity contribution in [1.82, 2.24) is 15.3 Å². The van der Waals surface area contributed by atoms with Crippen molar-refractivity contribution in [3.8, 4) is 0 Å². The quantitative estimate of drug-likeness (QED) is 0.779. The van der Waals surface area contributed by atoms with E-state index < -0.39 is 0 Å². The third kappa shape index (κ3) is 2.25. The summed E-state index contributed by atoms with van der Waals surface area (Å²) in [7, 11) is 0. The number of fused-ring (bicyclic) bond motifs is 1. The van der Waals surface area contributed by atoms with Crippen LogP contribution in [0.25, 0.3) is 10.3 Å². The molecule has 0 radical (unpaired) electrons. The minimum Gasteiger partial charge on any atom is -0.396 e. The molecule has 0 atom stereocenters. The molecule has 0 saturated carbocycles. The highest BCUT2D eigenvalue weighted by Crippen LogP contribution is 2.30. The number of hydrogen-bond acceptors (Lipinski definition) is 6. The molecule has 0 fully saturated rings. The van der Waals surface area contributed by atoms with Crippen LogP contribution >= 0.6 is 22.7 Å². The van der Waals surface area contributed by atoms with Crippen molar-refractivity contribution < 1.29 is 4.79 Å². The molecular weight excluding hydrogens is 292 g/mol. The Morgan fingerprint density at radius 1 is 1.35 bits per heavy atom. The van der Waals surface area contributed by atoms with Crippen molar-refractivity contribution in [3.05, 3.63) is 39.2 Å². The predicted octanol–water partition coefficient (Wildman–Crippen LogP) is 2.57. The fourth-order valence-corrected chi connectivity index (χ4v) is 3.63. The lowest BCUT2D eigenvalue weighted by molar-refractivity contribution is 0.0956. The van der Waals surface area contributed by atoms with E-state index in [2.05, 4.69) is 20.7 Å². The molecule has 5 nitrogen and oxygen atoms in total. The zero-order chi connectivity index (χ0) is 14.1. The number of thiophene rings is 2. The van der Waals surface area contributed by atoms with Crippen molar-refractivity contribution in [1.29, 1.82) is 0 Å². The van der Waals surface area contributed by atoms with E-state index in [-0.39, 0.29) is 5.91 Å². The van der Waals surface area contributed by atoms with Crippen LogP contribution in [0, 0.1) is 6.92 Å². The number of amides is 1. The van der Waals surface area contributed by atoms with Crippen molar-refractivity contribution in [2.75, 3.05) is 5.73 Å². The van der Waals surface area contributed by atoms with Gasteiger partial charge in [0.1, 0.15) is 15.2 Å². The molecule has 7 heteroatoms. The number of nitrogen functional groups attached to an aromatic ring is 1. The number of anilines is 1. The van der Waals surface area contributed by atoms with Gasteiger partial charge in [-0.25, -0.2) is 9.97 Å². The van der Waals surface area contributed by atoms with Crippen molar-refractivity contribution >= 4 is 44.6 Å². The second-order valence-corrected chi connectivity index (χ2v) is 6.06. The Morgan fingerprint density at radius 3 is 2.85 bits per heavy atom. The minimum absolute atomic E-state index is 0.182. The van der Waals surface area contributed by atoms with E-state index in [1.165, 1.54) is 16.9 Å². The van der Waals surface area contributed by atoms with E-state index in [1.807, 2.05) is 12.3 Å². The first kappa shape index (κ1) is 13.0. The summed E-state index contributed by atoms with van der Waals surface area (Å²) < 4.78 is 0. The number of carbonyl (C=O) groups is 1. The van der Waals surface area contributed by atoms with Crippen LogP contribution in [0.15, 0.2) is 23.2 Å². The molecule has 0 spiro atoms. The van der Waals surface area contributed by atoms with E-state index in [0.29, 0.717) is 27.5 Å². The highest BCUT2D eigenvalue weighted by molar-refractivity contribution is 7.21. The molecule has 0 aliphatic heterocycles. The lowest BCUT2D eigenvalue weighted by Crippen LogP contribution is -2.22. The summed E-state index contributed by atoms with van der Waals surface area (Å²) >= 11 is 2.89. The maximum Gasteiger partial charge on any atom is 0.263 e. The van der Waals surface area contributed by atoms with E-state index >= 15 is 0 Å². The smallest absolute Gasteiger partial charge is 0.263 e. The Morgan fingerprint density at radius 2 is 2.15 bits per heavy atom. The van der Waals surface area contributed by atoms with Crippen molar-refractivity contribution in [3.63, 3.8) is 0 Å². The maximum absolute atomic E-state index is 12.2. The fourth-order valence-electron chi connectivity index (χ4n) is 1.84. The SMILES string of the molecule is Cc1cscc1CNC(=O)c1sc2nccnc2c1N. The van der Waals surface area contributed by atoms with E-state index in [1.54, 1.807) is 23.7 Å². The Labute approximate surface area is 123 Å². The number of hydrogen-bond donors (Lipinski definition) is 2. The van der Waals surface area contributed by atoms with Crippen LogP contribution in [-0.4, -0.2) is 15.9 Å². The number of nitrogens with zero attached hydrogens (tertiary/aromatic N) is 2. The number of rotatable bonds is 3. The third-order valence-electron chi connectivity index (χ3n) is 2.97. The molecule has 0 unspecified atom stereocenters. The second kappa shape index (κ2) is 5.18. The maximum atomic E-state index is 12.2. The lowest BCUT2D eigenvalue weighted by atomic mass is 10.2. The molecule has 3 aromatic heterocycles. The number of nitrogens with two attached hydrogens (primary N) is 1. The molecule has 3 rings (SSSR count). The summed E-state index contributed by atoms with van der Waals surface area (Å²) in [6.45, 7) is 2.53. The number of aromatic nitrogens is 2. The Bertz CT molecular complexity index is 778. The molecule has 0 aromatic carbocycles. The topological polar surface area (TPSA) is 80.9 Å². The molecule has 3 heterocycles. The van der Waals surface area contributed by atoms with Gasteiger partial charge in [-0.05, 0) is 28.8 Å². The van der Waals surface area contributed by atoms with E-state index in [9.17, 15) is 4.79 Å². The predicted molar refractivity (Wildman–Crippen MR) is 82.1 cm³/mol. The summed E-state index contributed by atoms with van der Waals surface area (Å²) in [6, 6.07) is 0. The molecule has 1 amide bonds. The molecule has 3 N–H and O–H groups in total. The van der Waals surface area contributed by atoms with E-state index in [0.717, 1.165) is 5.56 Å². The van der Waals surface area contributed by atoms with Gasteiger partial charge in [-0.15, -0.1) is 11.3 Å². The molecule has 3 aromatic rings. The minimum atomic E-state index is -0.182. The zero-order valence-electron chi connectivity index (χ0n) is 10.7. The van der Waals surface area contributed by atoms with Gasteiger partial charge in [0.25, 0.3) is 5.91 Å².